The molecular weight excluding hydrogens is 166 g/mol. The quantitative estimate of drug-likeness (QED) is 0.459. The standard InChI is InChI=1S/C10H15NO2/c12-9-5-1-2-6-10(9)7-3-4-8(10)11-13/h13H,1-7H2/b11-8-/t10-/m1/s1. The van der Waals surface area contributed by atoms with Gasteiger partial charge < -0.3 is 5.21 Å². The smallest absolute Gasteiger partial charge is 0.144 e. The predicted molar refractivity (Wildman–Crippen MR) is 49.0 cm³/mol. The van der Waals surface area contributed by atoms with Crippen molar-refractivity contribution < 1.29 is 10.0 Å². The van der Waals surface area contributed by atoms with Crippen molar-refractivity contribution in [3.8, 4) is 0 Å². The molecule has 0 bridgehead atoms. The minimum absolute atomic E-state index is 0.309. The molecule has 1 N–H and O–H groups in total. The third kappa shape index (κ3) is 1.18. The largest absolute Gasteiger partial charge is 0.411 e. The molecule has 1 spiro atoms. The second-order valence-electron chi connectivity index (χ2n) is 4.11. The Labute approximate surface area is 77.8 Å². The summed E-state index contributed by atoms with van der Waals surface area (Å²) in [4.78, 5) is 11.8. The summed E-state index contributed by atoms with van der Waals surface area (Å²) in [6.45, 7) is 0. The van der Waals surface area contributed by atoms with E-state index in [0.29, 0.717) is 12.2 Å². The van der Waals surface area contributed by atoms with Gasteiger partial charge in [0.25, 0.3) is 0 Å². The van der Waals surface area contributed by atoms with Gasteiger partial charge >= 0.3 is 0 Å². The minimum atomic E-state index is -0.340. The van der Waals surface area contributed by atoms with Crippen LogP contribution in [-0.4, -0.2) is 16.7 Å². The lowest BCUT2D eigenvalue weighted by molar-refractivity contribution is -0.127. The Morgan fingerprint density at radius 3 is 2.62 bits per heavy atom. The summed E-state index contributed by atoms with van der Waals surface area (Å²) < 4.78 is 0. The Hall–Kier alpha value is -0.860. The SMILES string of the molecule is O=C1CCCC[C@]12CCC/C2=N/O. The Morgan fingerprint density at radius 1 is 1.15 bits per heavy atom. The van der Waals surface area contributed by atoms with Gasteiger partial charge in [0.1, 0.15) is 5.78 Å². The number of hydrogen-bond acceptors (Lipinski definition) is 3. The fourth-order valence-corrected chi connectivity index (χ4v) is 2.75. The van der Waals surface area contributed by atoms with Gasteiger partial charge in [0.2, 0.25) is 0 Å². The van der Waals surface area contributed by atoms with Gasteiger partial charge in [-0.3, -0.25) is 4.79 Å². The number of Topliss-reactive ketones (excluding diaryl/α,β-unsaturated/α-hetero) is 1. The molecule has 0 radical (unpaired) electrons. The summed E-state index contributed by atoms with van der Waals surface area (Å²) in [7, 11) is 0. The van der Waals surface area contributed by atoms with Crippen LogP contribution in [0.1, 0.15) is 44.9 Å². The van der Waals surface area contributed by atoms with E-state index in [2.05, 4.69) is 5.16 Å². The Balaban J connectivity index is 2.30. The topological polar surface area (TPSA) is 49.7 Å². The van der Waals surface area contributed by atoms with Gasteiger partial charge in [-0.15, -0.1) is 0 Å². The van der Waals surface area contributed by atoms with Crippen LogP contribution in [0.5, 0.6) is 0 Å². The zero-order chi connectivity index (χ0) is 9.31. The second kappa shape index (κ2) is 3.13. The van der Waals surface area contributed by atoms with Crippen molar-refractivity contribution in [1.29, 1.82) is 0 Å². The molecule has 72 valence electrons. The van der Waals surface area contributed by atoms with Crippen LogP contribution in [0.25, 0.3) is 0 Å². The molecule has 2 aliphatic rings. The van der Waals surface area contributed by atoms with Crippen LogP contribution in [0.15, 0.2) is 5.16 Å². The van der Waals surface area contributed by atoms with Crippen LogP contribution in [0, 0.1) is 5.41 Å². The Bertz CT molecular complexity index is 260. The third-order valence-electron chi connectivity index (χ3n) is 3.48. The van der Waals surface area contributed by atoms with E-state index >= 15 is 0 Å². The maximum Gasteiger partial charge on any atom is 0.144 e. The fraction of sp³-hybridized carbons (Fsp3) is 0.800. The van der Waals surface area contributed by atoms with E-state index in [0.717, 1.165) is 44.2 Å². The molecule has 2 saturated carbocycles. The van der Waals surface area contributed by atoms with E-state index in [1.807, 2.05) is 0 Å². The first kappa shape index (κ1) is 8.73. The highest BCUT2D eigenvalue weighted by atomic mass is 16.4. The van der Waals surface area contributed by atoms with Crippen LogP contribution >= 0.6 is 0 Å². The van der Waals surface area contributed by atoms with Crippen LogP contribution in [-0.2, 0) is 4.79 Å². The van der Waals surface area contributed by atoms with Crippen molar-refractivity contribution in [3.05, 3.63) is 0 Å². The average Bonchev–Trinajstić information content (AvgIpc) is 2.55. The van der Waals surface area contributed by atoms with E-state index in [1.54, 1.807) is 0 Å². The number of hydrogen-bond donors (Lipinski definition) is 1. The van der Waals surface area contributed by atoms with Crippen LogP contribution in [0.3, 0.4) is 0 Å². The maximum absolute atomic E-state index is 11.8. The molecule has 0 aromatic carbocycles. The molecule has 0 aromatic heterocycles. The number of rotatable bonds is 0. The van der Waals surface area contributed by atoms with Crippen LogP contribution in [0.4, 0.5) is 0 Å². The normalized spacial score (nSPS) is 37.5. The first-order valence-corrected chi connectivity index (χ1v) is 5.04. The van der Waals surface area contributed by atoms with E-state index in [9.17, 15) is 4.79 Å². The lowest BCUT2D eigenvalue weighted by atomic mass is 9.71. The zero-order valence-corrected chi connectivity index (χ0v) is 7.75. The monoisotopic (exact) mass is 181 g/mol. The first-order chi connectivity index (χ1) is 6.29. The molecule has 0 aromatic rings. The van der Waals surface area contributed by atoms with E-state index in [4.69, 9.17) is 5.21 Å². The number of carbonyl (C=O) groups is 1. The van der Waals surface area contributed by atoms with Crippen molar-refractivity contribution in [2.45, 2.75) is 44.9 Å². The van der Waals surface area contributed by atoms with Gasteiger partial charge in [0.05, 0.1) is 11.1 Å². The highest BCUT2D eigenvalue weighted by Crippen LogP contribution is 2.44. The number of nitrogens with zero attached hydrogens (tertiary/aromatic N) is 1. The van der Waals surface area contributed by atoms with Crippen LogP contribution < -0.4 is 0 Å². The first-order valence-electron chi connectivity index (χ1n) is 5.04. The van der Waals surface area contributed by atoms with Crippen molar-refractivity contribution >= 4 is 11.5 Å². The van der Waals surface area contributed by atoms with Gasteiger partial charge in [-0.1, -0.05) is 11.6 Å². The molecule has 0 aliphatic heterocycles. The van der Waals surface area contributed by atoms with Gasteiger partial charge in [0.15, 0.2) is 0 Å². The van der Waals surface area contributed by atoms with E-state index in [1.165, 1.54) is 0 Å². The number of carbonyl (C=O) groups excluding carboxylic acids is 1. The molecule has 0 saturated heterocycles. The summed E-state index contributed by atoms with van der Waals surface area (Å²) >= 11 is 0. The summed E-state index contributed by atoms with van der Waals surface area (Å²) in [5.41, 5.74) is 0.407. The van der Waals surface area contributed by atoms with Crippen molar-refractivity contribution in [2.24, 2.45) is 10.6 Å². The highest BCUT2D eigenvalue weighted by molar-refractivity contribution is 6.10. The molecule has 3 nitrogen and oxygen atoms in total. The molecule has 0 unspecified atom stereocenters. The number of ketones is 1. The minimum Gasteiger partial charge on any atom is -0.411 e. The number of oxime groups is 1. The zero-order valence-electron chi connectivity index (χ0n) is 7.75. The lowest BCUT2D eigenvalue weighted by Crippen LogP contribution is -2.37. The Morgan fingerprint density at radius 2 is 1.92 bits per heavy atom. The van der Waals surface area contributed by atoms with E-state index < -0.39 is 0 Å². The third-order valence-corrected chi connectivity index (χ3v) is 3.48. The average molecular weight is 181 g/mol. The van der Waals surface area contributed by atoms with Gasteiger partial charge in [-0.25, -0.2) is 0 Å². The van der Waals surface area contributed by atoms with Crippen molar-refractivity contribution in [1.82, 2.24) is 0 Å². The molecule has 2 aliphatic carbocycles. The molecule has 2 fully saturated rings. The highest BCUT2D eigenvalue weighted by Gasteiger charge is 2.47. The second-order valence-corrected chi connectivity index (χ2v) is 4.11. The fourth-order valence-electron chi connectivity index (χ4n) is 2.75. The summed E-state index contributed by atoms with van der Waals surface area (Å²) in [6.07, 6.45) is 6.42. The summed E-state index contributed by atoms with van der Waals surface area (Å²) in [5, 5.41) is 12.1. The maximum atomic E-state index is 11.8. The lowest BCUT2D eigenvalue weighted by Gasteiger charge is -2.31. The Kier molecular flexibility index (Phi) is 2.10. The summed E-state index contributed by atoms with van der Waals surface area (Å²) in [5.74, 6) is 0.309. The molecule has 3 heteroatoms. The van der Waals surface area contributed by atoms with Crippen molar-refractivity contribution in [3.63, 3.8) is 0 Å². The van der Waals surface area contributed by atoms with Crippen LogP contribution in [0.2, 0.25) is 0 Å². The summed E-state index contributed by atoms with van der Waals surface area (Å²) in [6, 6.07) is 0. The molecular formula is C10H15NO2. The van der Waals surface area contributed by atoms with Gasteiger partial charge in [-0.2, -0.15) is 0 Å². The molecule has 0 heterocycles. The molecule has 13 heavy (non-hydrogen) atoms. The molecule has 0 amide bonds. The molecule has 2 rings (SSSR count). The molecule has 1 atom stereocenters. The van der Waals surface area contributed by atoms with E-state index in [-0.39, 0.29) is 5.41 Å². The predicted octanol–water partition coefficient (Wildman–Crippen LogP) is 2.13. The van der Waals surface area contributed by atoms with Gasteiger partial charge in [0, 0.05) is 6.42 Å². The van der Waals surface area contributed by atoms with Crippen molar-refractivity contribution in [2.75, 3.05) is 0 Å². The van der Waals surface area contributed by atoms with Gasteiger partial charge in [-0.05, 0) is 32.1 Å².